The van der Waals surface area contributed by atoms with E-state index in [9.17, 15) is 35.1 Å². The number of benzene rings is 3. The molecule has 9 heteroatoms. The summed E-state index contributed by atoms with van der Waals surface area (Å²) in [6.45, 7) is 1.41. The smallest absolute Gasteiger partial charge is 0.335 e. The molecule has 1 fully saturated rings. The third kappa shape index (κ3) is 5.20. The van der Waals surface area contributed by atoms with Gasteiger partial charge in [0, 0.05) is 12.8 Å². The van der Waals surface area contributed by atoms with Crippen LogP contribution in [0.15, 0.2) is 78.9 Å². The van der Waals surface area contributed by atoms with E-state index in [4.69, 9.17) is 9.47 Å². The summed E-state index contributed by atoms with van der Waals surface area (Å²) in [5.74, 6) is -4.53. The Hall–Kier alpha value is -3.60. The number of carboxylic acid groups (broad SMARTS) is 2. The molecular formula is C29H30O9. The fourth-order valence-corrected chi connectivity index (χ4v) is 4.96. The number of aliphatic hydroxyl groups is 3. The van der Waals surface area contributed by atoms with Crippen LogP contribution in [0.4, 0.5) is 0 Å². The molecule has 1 aliphatic heterocycles. The van der Waals surface area contributed by atoms with Crippen molar-refractivity contribution in [3.05, 3.63) is 107 Å². The van der Waals surface area contributed by atoms with Gasteiger partial charge < -0.3 is 35.0 Å². The molecule has 0 radical (unpaired) electrons. The summed E-state index contributed by atoms with van der Waals surface area (Å²) < 4.78 is 12.5. The molecule has 1 heterocycles. The topological polar surface area (TPSA) is 154 Å². The molecule has 1 saturated heterocycles. The van der Waals surface area contributed by atoms with Gasteiger partial charge in [-0.25, -0.2) is 9.59 Å². The molecule has 200 valence electrons. The van der Waals surface area contributed by atoms with Gasteiger partial charge in [0.2, 0.25) is 5.79 Å². The van der Waals surface area contributed by atoms with Crippen molar-refractivity contribution < 1.29 is 44.6 Å². The largest absolute Gasteiger partial charge is 0.478 e. The number of ether oxygens (including phenoxy) is 2. The van der Waals surface area contributed by atoms with E-state index in [1.165, 1.54) is 31.2 Å². The predicted octanol–water partition coefficient (Wildman–Crippen LogP) is 2.65. The number of hydrogen-bond donors (Lipinski definition) is 5. The summed E-state index contributed by atoms with van der Waals surface area (Å²) in [6, 6.07) is 21.1. The van der Waals surface area contributed by atoms with Crippen molar-refractivity contribution >= 4 is 11.9 Å². The molecule has 38 heavy (non-hydrogen) atoms. The highest BCUT2D eigenvalue weighted by Crippen LogP contribution is 2.45. The molecule has 5 atom stereocenters. The van der Waals surface area contributed by atoms with Crippen LogP contribution < -0.4 is 0 Å². The quantitative estimate of drug-likeness (QED) is 0.285. The number of rotatable bonds is 9. The van der Waals surface area contributed by atoms with Crippen LogP contribution in [0.5, 0.6) is 0 Å². The van der Waals surface area contributed by atoms with Crippen LogP contribution in [-0.4, -0.2) is 67.2 Å². The average Bonchev–Trinajstić information content (AvgIpc) is 2.91. The minimum atomic E-state index is -2.40. The van der Waals surface area contributed by atoms with Crippen molar-refractivity contribution in [2.75, 3.05) is 0 Å². The van der Waals surface area contributed by atoms with Gasteiger partial charge in [0.1, 0.15) is 12.2 Å². The normalized spacial score (nSPS) is 27.1. The Morgan fingerprint density at radius 2 is 1.32 bits per heavy atom. The molecule has 0 spiro atoms. The minimum Gasteiger partial charge on any atom is -0.478 e. The standard InChI is InChI=1S/C29H30O9/c1-18-24(30)25(31)28(36,15-20-11-5-7-13-22(20)26(32)33)29(38-18,37-17-19-9-3-2-4-10-19)16-21-12-6-8-14-23(21)27(34)35/h2-14,18,24-25,30-31,36H,15-17H2,1H3,(H,32,33)(H,34,35)/t18-,24+,25+,28-,29+/m1/s1. The lowest BCUT2D eigenvalue weighted by Gasteiger charge is -2.55. The summed E-state index contributed by atoms with van der Waals surface area (Å²) in [6.07, 6.45) is -5.18. The Morgan fingerprint density at radius 3 is 1.87 bits per heavy atom. The Bertz CT molecular complexity index is 1290. The summed E-state index contributed by atoms with van der Waals surface area (Å²) >= 11 is 0. The van der Waals surface area contributed by atoms with Gasteiger partial charge in [0.05, 0.1) is 23.8 Å². The highest BCUT2D eigenvalue weighted by atomic mass is 16.7. The van der Waals surface area contributed by atoms with E-state index < -0.39 is 48.1 Å². The minimum absolute atomic E-state index is 0.0552. The van der Waals surface area contributed by atoms with E-state index in [1.807, 2.05) is 6.07 Å². The first-order valence-electron chi connectivity index (χ1n) is 12.1. The molecule has 1 aliphatic rings. The van der Waals surface area contributed by atoms with Crippen molar-refractivity contribution in [2.24, 2.45) is 0 Å². The maximum atomic E-state index is 12.3. The summed E-state index contributed by atoms with van der Waals surface area (Å²) in [4.78, 5) is 23.9. The van der Waals surface area contributed by atoms with Crippen molar-refractivity contribution in [3.63, 3.8) is 0 Å². The van der Waals surface area contributed by atoms with E-state index in [1.54, 1.807) is 48.5 Å². The molecule has 3 aromatic rings. The van der Waals surface area contributed by atoms with Crippen LogP contribution in [0, 0.1) is 0 Å². The molecule has 3 aromatic carbocycles. The fraction of sp³-hybridized carbons (Fsp3) is 0.310. The molecule has 0 saturated carbocycles. The first-order chi connectivity index (χ1) is 18.1. The van der Waals surface area contributed by atoms with Gasteiger partial charge in [0.15, 0.2) is 5.60 Å². The van der Waals surface area contributed by atoms with Crippen LogP contribution >= 0.6 is 0 Å². The van der Waals surface area contributed by atoms with E-state index in [-0.39, 0.29) is 35.3 Å². The third-order valence-corrected chi connectivity index (χ3v) is 7.02. The summed E-state index contributed by atoms with van der Waals surface area (Å²) in [7, 11) is 0. The van der Waals surface area contributed by atoms with Gasteiger partial charge in [-0.1, -0.05) is 66.7 Å². The number of hydrogen-bond acceptors (Lipinski definition) is 7. The zero-order valence-corrected chi connectivity index (χ0v) is 20.7. The first-order valence-corrected chi connectivity index (χ1v) is 12.1. The Labute approximate surface area is 219 Å². The Morgan fingerprint density at radius 1 is 0.816 bits per heavy atom. The van der Waals surface area contributed by atoms with Gasteiger partial charge in [-0.3, -0.25) is 0 Å². The van der Waals surface area contributed by atoms with Crippen molar-refractivity contribution in [1.82, 2.24) is 0 Å². The second-order valence-corrected chi connectivity index (χ2v) is 9.49. The van der Waals surface area contributed by atoms with Gasteiger partial charge >= 0.3 is 11.9 Å². The average molecular weight is 523 g/mol. The Balaban J connectivity index is 1.88. The van der Waals surface area contributed by atoms with Gasteiger partial charge in [0.25, 0.3) is 0 Å². The van der Waals surface area contributed by atoms with E-state index in [0.29, 0.717) is 5.56 Å². The van der Waals surface area contributed by atoms with Crippen LogP contribution in [0.2, 0.25) is 0 Å². The van der Waals surface area contributed by atoms with Gasteiger partial charge in [-0.15, -0.1) is 0 Å². The third-order valence-electron chi connectivity index (χ3n) is 7.02. The number of aliphatic hydroxyl groups excluding tert-OH is 2. The molecule has 4 rings (SSSR count). The second-order valence-electron chi connectivity index (χ2n) is 9.49. The SMILES string of the molecule is C[C@H]1O[C@](Cc2ccccc2C(=O)O)(OCc2ccccc2)[C@@](O)(Cc2ccccc2C(=O)O)[C@@H](O)[C@H]1O. The maximum Gasteiger partial charge on any atom is 0.335 e. The number of carbonyl (C=O) groups is 2. The second kappa shape index (κ2) is 11.0. The highest BCUT2D eigenvalue weighted by molar-refractivity contribution is 5.90. The lowest BCUT2D eigenvalue weighted by molar-refractivity contribution is -0.399. The molecular weight excluding hydrogens is 492 g/mol. The molecule has 5 N–H and O–H groups in total. The zero-order valence-electron chi connectivity index (χ0n) is 20.7. The Kier molecular flexibility index (Phi) is 7.96. The highest BCUT2D eigenvalue weighted by Gasteiger charge is 2.64. The lowest BCUT2D eigenvalue weighted by atomic mass is 9.72. The molecule has 0 bridgehead atoms. The zero-order chi connectivity index (χ0) is 27.5. The van der Waals surface area contributed by atoms with Crippen molar-refractivity contribution in [3.8, 4) is 0 Å². The van der Waals surface area contributed by atoms with Crippen LogP contribution in [-0.2, 0) is 28.9 Å². The molecule has 0 amide bonds. The molecule has 0 unspecified atom stereocenters. The van der Waals surface area contributed by atoms with Crippen molar-refractivity contribution in [1.29, 1.82) is 0 Å². The van der Waals surface area contributed by atoms with E-state index >= 15 is 0 Å². The number of carboxylic acids is 2. The summed E-state index contributed by atoms with van der Waals surface area (Å²) in [5, 5.41) is 53.9. The van der Waals surface area contributed by atoms with Gasteiger partial charge in [-0.2, -0.15) is 0 Å². The maximum absolute atomic E-state index is 12.3. The van der Waals surface area contributed by atoms with Crippen LogP contribution in [0.3, 0.4) is 0 Å². The molecule has 9 nitrogen and oxygen atoms in total. The molecule has 0 aliphatic carbocycles. The van der Waals surface area contributed by atoms with E-state index in [2.05, 4.69) is 0 Å². The monoisotopic (exact) mass is 522 g/mol. The van der Waals surface area contributed by atoms with Gasteiger partial charge in [-0.05, 0) is 35.7 Å². The predicted molar refractivity (Wildman–Crippen MR) is 136 cm³/mol. The first kappa shape index (κ1) is 27.4. The lowest BCUT2D eigenvalue weighted by Crippen LogP contribution is -2.74. The van der Waals surface area contributed by atoms with E-state index in [0.717, 1.165) is 0 Å². The van der Waals surface area contributed by atoms with Crippen LogP contribution in [0.25, 0.3) is 0 Å². The molecule has 0 aromatic heterocycles. The fourth-order valence-electron chi connectivity index (χ4n) is 4.96. The van der Waals surface area contributed by atoms with Crippen molar-refractivity contribution in [2.45, 2.75) is 56.1 Å². The van der Waals surface area contributed by atoms with Crippen LogP contribution in [0.1, 0.15) is 44.3 Å². The number of aromatic carboxylic acids is 2. The summed E-state index contributed by atoms with van der Waals surface area (Å²) in [5.41, 5.74) is -1.42.